The van der Waals surface area contributed by atoms with Gasteiger partial charge in [0.2, 0.25) is 0 Å². The average molecular weight is 204 g/mol. The Morgan fingerprint density at radius 3 is 2.87 bits per heavy atom. The van der Waals surface area contributed by atoms with Gasteiger partial charge in [0.15, 0.2) is 0 Å². The Morgan fingerprint density at radius 2 is 2.20 bits per heavy atom. The molecule has 1 fully saturated rings. The van der Waals surface area contributed by atoms with Crippen LogP contribution in [0.2, 0.25) is 0 Å². The summed E-state index contributed by atoms with van der Waals surface area (Å²) in [4.78, 5) is 0. The second-order valence-electron chi connectivity index (χ2n) is 4.72. The van der Waals surface area contributed by atoms with Crippen molar-refractivity contribution in [3.05, 3.63) is 23.8 Å². The summed E-state index contributed by atoms with van der Waals surface area (Å²) in [5, 5.41) is 3.49. The van der Waals surface area contributed by atoms with Gasteiger partial charge in [-0.1, -0.05) is 13.0 Å². The summed E-state index contributed by atoms with van der Waals surface area (Å²) in [6.07, 6.45) is 2.83. The van der Waals surface area contributed by atoms with E-state index in [4.69, 9.17) is 5.73 Å². The second-order valence-corrected chi connectivity index (χ2v) is 4.72. The van der Waals surface area contributed by atoms with Crippen LogP contribution in [0, 0.1) is 18.8 Å². The highest BCUT2D eigenvalue weighted by molar-refractivity contribution is 5.62. The van der Waals surface area contributed by atoms with E-state index in [0.717, 1.165) is 24.1 Å². The predicted octanol–water partition coefficient (Wildman–Crippen LogP) is 3.04. The third-order valence-electron chi connectivity index (χ3n) is 3.42. The van der Waals surface area contributed by atoms with Crippen molar-refractivity contribution in [2.24, 2.45) is 11.8 Å². The summed E-state index contributed by atoms with van der Waals surface area (Å²) in [6.45, 7) is 5.46. The minimum Gasteiger partial charge on any atom is -0.398 e. The number of nitrogen functional groups attached to an aromatic ring is 1. The summed E-state index contributed by atoms with van der Waals surface area (Å²) in [5.74, 6) is 1.74. The van der Waals surface area contributed by atoms with Gasteiger partial charge < -0.3 is 11.1 Å². The van der Waals surface area contributed by atoms with E-state index >= 15 is 0 Å². The highest BCUT2D eigenvalue weighted by Gasteiger charge is 2.27. The van der Waals surface area contributed by atoms with Gasteiger partial charge in [-0.3, -0.25) is 0 Å². The fraction of sp³-hybridized carbons (Fsp3) is 0.538. The van der Waals surface area contributed by atoms with E-state index < -0.39 is 0 Å². The smallest absolute Gasteiger partial charge is 0.0390 e. The van der Waals surface area contributed by atoms with Crippen molar-refractivity contribution in [3.63, 3.8) is 0 Å². The Labute approximate surface area is 91.9 Å². The number of hydrogen-bond donors (Lipinski definition) is 2. The van der Waals surface area contributed by atoms with Crippen LogP contribution in [-0.2, 0) is 0 Å². The third-order valence-corrected chi connectivity index (χ3v) is 3.42. The first-order valence-electron chi connectivity index (χ1n) is 5.77. The van der Waals surface area contributed by atoms with Gasteiger partial charge in [0.1, 0.15) is 0 Å². The molecule has 1 aliphatic rings. The van der Waals surface area contributed by atoms with Gasteiger partial charge in [-0.25, -0.2) is 0 Å². The van der Waals surface area contributed by atoms with Crippen molar-refractivity contribution in [2.75, 3.05) is 17.6 Å². The maximum Gasteiger partial charge on any atom is 0.0390 e. The first-order valence-corrected chi connectivity index (χ1v) is 5.77. The molecule has 1 aliphatic carbocycles. The highest BCUT2D eigenvalue weighted by Crippen LogP contribution is 2.36. The van der Waals surface area contributed by atoms with E-state index in [2.05, 4.69) is 25.2 Å². The average Bonchev–Trinajstić information content (AvgIpc) is 3.03. The van der Waals surface area contributed by atoms with Crippen LogP contribution in [0.5, 0.6) is 0 Å². The predicted molar refractivity (Wildman–Crippen MR) is 66.0 cm³/mol. The molecule has 2 rings (SSSR count). The summed E-state index contributed by atoms with van der Waals surface area (Å²) < 4.78 is 0. The first-order chi connectivity index (χ1) is 7.18. The Balaban J connectivity index is 1.95. The van der Waals surface area contributed by atoms with E-state index in [1.165, 1.54) is 24.1 Å². The molecule has 2 heteroatoms. The quantitative estimate of drug-likeness (QED) is 0.740. The van der Waals surface area contributed by atoms with Crippen LogP contribution >= 0.6 is 0 Å². The largest absolute Gasteiger partial charge is 0.398 e. The molecule has 0 aromatic heterocycles. The molecule has 0 amide bonds. The van der Waals surface area contributed by atoms with E-state index in [-0.39, 0.29) is 0 Å². The van der Waals surface area contributed by atoms with Crippen LogP contribution in [0.1, 0.15) is 25.3 Å². The molecule has 1 unspecified atom stereocenters. The Hall–Kier alpha value is -1.18. The van der Waals surface area contributed by atoms with Crippen LogP contribution in [-0.4, -0.2) is 6.54 Å². The molecule has 0 radical (unpaired) electrons. The second kappa shape index (κ2) is 4.13. The molecule has 3 N–H and O–H groups in total. The third kappa shape index (κ3) is 2.44. The molecular weight excluding hydrogens is 184 g/mol. The van der Waals surface area contributed by atoms with E-state index in [1.54, 1.807) is 0 Å². The summed E-state index contributed by atoms with van der Waals surface area (Å²) in [7, 11) is 0. The molecule has 0 spiro atoms. The molecule has 1 saturated carbocycles. The van der Waals surface area contributed by atoms with Gasteiger partial charge in [-0.2, -0.15) is 0 Å². The normalized spacial score (nSPS) is 17.5. The Morgan fingerprint density at radius 1 is 1.47 bits per heavy atom. The van der Waals surface area contributed by atoms with E-state index in [9.17, 15) is 0 Å². The van der Waals surface area contributed by atoms with E-state index in [0.29, 0.717) is 0 Å². The van der Waals surface area contributed by atoms with Gasteiger partial charge in [0.25, 0.3) is 0 Å². The molecule has 0 heterocycles. The van der Waals surface area contributed by atoms with Gasteiger partial charge in [0.05, 0.1) is 0 Å². The monoisotopic (exact) mass is 204 g/mol. The lowest BCUT2D eigenvalue weighted by atomic mass is 10.1. The van der Waals surface area contributed by atoms with E-state index in [1.807, 2.05) is 12.1 Å². The fourth-order valence-corrected chi connectivity index (χ4v) is 1.95. The fourth-order valence-electron chi connectivity index (χ4n) is 1.95. The van der Waals surface area contributed by atoms with Crippen LogP contribution in [0.4, 0.5) is 11.4 Å². The van der Waals surface area contributed by atoms with Crippen molar-refractivity contribution >= 4 is 11.4 Å². The molecular formula is C13H20N2. The minimum atomic E-state index is 0.783. The highest BCUT2D eigenvalue weighted by atomic mass is 14.9. The number of rotatable bonds is 4. The topological polar surface area (TPSA) is 38.0 Å². The molecule has 0 aliphatic heterocycles. The number of nitrogens with two attached hydrogens (primary N) is 1. The molecule has 0 saturated heterocycles. The van der Waals surface area contributed by atoms with Crippen molar-refractivity contribution in [2.45, 2.75) is 26.7 Å². The Bertz CT molecular complexity index is 342. The zero-order valence-corrected chi connectivity index (χ0v) is 9.59. The van der Waals surface area contributed by atoms with Crippen molar-refractivity contribution < 1.29 is 0 Å². The van der Waals surface area contributed by atoms with Gasteiger partial charge in [0, 0.05) is 17.9 Å². The molecule has 1 aromatic carbocycles. The molecule has 15 heavy (non-hydrogen) atoms. The molecule has 0 bridgehead atoms. The molecule has 2 nitrogen and oxygen atoms in total. The van der Waals surface area contributed by atoms with Crippen molar-refractivity contribution in [1.82, 2.24) is 0 Å². The standard InChI is InChI=1S/C13H20N2/c1-9(11-6-7-11)8-15-13-5-3-4-12(14)10(13)2/h3-5,9,11,15H,6-8,14H2,1-2H3. The van der Waals surface area contributed by atoms with Gasteiger partial charge >= 0.3 is 0 Å². The molecule has 1 atom stereocenters. The maximum atomic E-state index is 5.86. The SMILES string of the molecule is Cc1c(N)cccc1NCC(C)C1CC1. The maximum absolute atomic E-state index is 5.86. The zero-order chi connectivity index (χ0) is 10.8. The van der Waals surface area contributed by atoms with Crippen molar-refractivity contribution in [1.29, 1.82) is 0 Å². The minimum absolute atomic E-state index is 0.783. The zero-order valence-electron chi connectivity index (χ0n) is 9.59. The lowest BCUT2D eigenvalue weighted by Crippen LogP contribution is -2.13. The molecule has 82 valence electrons. The molecule has 1 aromatic rings. The summed E-state index contributed by atoms with van der Waals surface area (Å²) >= 11 is 0. The van der Waals surface area contributed by atoms with Crippen LogP contribution < -0.4 is 11.1 Å². The Kier molecular flexibility index (Phi) is 2.85. The lowest BCUT2D eigenvalue weighted by Gasteiger charge is -2.15. The lowest BCUT2D eigenvalue weighted by molar-refractivity contribution is 0.536. The van der Waals surface area contributed by atoms with Crippen LogP contribution in [0.3, 0.4) is 0 Å². The van der Waals surface area contributed by atoms with Gasteiger partial charge in [-0.15, -0.1) is 0 Å². The summed E-state index contributed by atoms with van der Waals surface area (Å²) in [5.41, 5.74) is 9.08. The number of nitrogens with one attached hydrogen (secondary N) is 1. The number of anilines is 2. The van der Waals surface area contributed by atoms with Gasteiger partial charge in [-0.05, 0) is 49.3 Å². The van der Waals surface area contributed by atoms with Crippen LogP contribution in [0.15, 0.2) is 18.2 Å². The first kappa shape index (κ1) is 10.3. The summed E-state index contributed by atoms with van der Waals surface area (Å²) in [6, 6.07) is 6.06. The van der Waals surface area contributed by atoms with Crippen LogP contribution in [0.25, 0.3) is 0 Å². The number of hydrogen-bond acceptors (Lipinski definition) is 2. The van der Waals surface area contributed by atoms with Crippen molar-refractivity contribution in [3.8, 4) is 0 Å². The number of benzene rings is 1.